The predicted molar refractivity (Wildman–Crippen MR) is 74.6 cm³/mol. The molecule has 0 atom stereocenters. The Kier molecular flexibility index (Phi) is 2.53. The van der Waals surface area contributed by atoms with Crippen molar-refractivity contribution in [1.29, 1.82) is 0 Å². The molecule has 0 aliphatic heterocycles. The molecule has 0 saturated carbocycles. The smallest absolute Gasteiger partial charge is 0.137 e. The van der Waals surface area contributed by atoms with Gasteiger partial charge in [0.25, 0.3) is 0 Å². The van der Waals surface area contributed by atoms with Gasteiger partial charge in [-0.2, -0.15) is 0 Å². The minimum atomic E-state index is 0.929. The van der Waals surface area contributed by atoms with Crippen molar-refractivity contribution in [3.05, 3.63) is 47.8 Å². The maximum absolute atomic E-state index is 4.56. The summed E-state index contributed by atoms with van der Waals surface area (Å²) in [4.78, 5) is 4.56. The molecule has 0 aliphatic carbocycles. The van der Waals surface area contributed by atoms with E-state index in [1.54, 1.807) is 11.3 Å². The molecule has 1 heterocycles. The number of fused-ring (bicyclic) bond motifs is 1. The van der Waals surface area contributed by atoms with Crippen LogP contribution < -0.4 is 5.32 Å². The third-order valence-corrected chi connectivity index (χ3v) is 3.66. The molecular weight excluding hydrogens is 228 g/mol. The summed E-state index contributed by atoms with van der Waals surface area (Å²) in [5, 5.41) is 8.68. The van der Waals surface area contributed by atoms with E-state index in [9.17, 15) is 0 Å². The molecule has 1 aromatic heterocycles. The lowest BCUT2D eigenvalue weighted by Crippen LogP contribution is -1.87. The molecule has 0 amide bonds. The van der Waals surface area contributed by atoms with Gasteiger partial charge in [-0.1, -0.05) is 42.5 Å². The number of benzene rings is 2. The summed E-state index contributed by atoms with van der Waals surface area (Å²) >= 11 is 1.67. The number of hydrogen-bond acceptors (Lipinski definition) is 3. The molecular formula is C14H12N2S. The van der Waals surface area contributed by atoms with Crippen molar-refractivity contribution in [3.8, 4) is 10.6 Å². The van der Waals surface area contributed by atoms with E-state index in [0.717, 1.165) is 10.8 Å². The van der Waals surface area contributed by atoms with E-state index in [-0.39, 0.29) is 0 Å². The zero-order valence-electron chi connectivity index (χ0n) is 9.47. The van der Waals surface area contributed by atoms with E-state index in [1.165, 1.54) is 16.3 Å². The van der Waals surface area contributed by atoms with E-state index in [1.807, 2.05) is 12.4 Å². The van der Waals surface area contributed by atoms with E-state index in [4.69, 9.17) is 0 Å². The lowest BCUT2D eigenvalue weighted by molar-refractivity contribution is 1.35. The molecule has 0 unspecified atom stereocenters. The monoisotopic (exact) mass is 240 g/mol. The van der Waals surface area contributed by atoms with Crippen molar-refractivity contribution in [2.45, 2.75) is 0 Å². The first-order chi connectivity index (χ1) is 8.38. The highest BCUT2D eigenvalue weighted by Gasteiger charge is 2.07. The Bertz CT molecular complexity index is 653. The van der Waals surface area contributed by atoms with Gasteiger partial charge in [-0.25, -0.2) is 4.98 Å². The molecule has 2 nitrogen and oxygen atoms in total. The van der Waals surface area contributed by atoms with Crippen LogP contribution in [0.3, 0.4) is 0 Å². The summed E-state index contributed by atoms with van der Waals surface area (Å²) in [7, 11) is 1.89. The van der Waals surface area contributed by atoms with Crippen LogP contribution in [0.4, 0.5) is 5.82 Å². The van der Waals surface area contributed by atoms with Crippen molar-refractivity contribution >= 4 is 27.9 Å². The van der Waals surface area contributed by atoms with Gasteiger partial charge in [0, 0.05) is 18.0 Å². The van der Waals surface area contributed by atoms with Gasteiger partial charge < -0.3 is 5.32 Å². The Hall–Kier alpha value is -1.87. The number of anilines is 1. The Morgan fingerprint density at radius 3 is 2.71 bits per heavy atom. The molecule has 0 aliphatic rings. The van der Waals surface area contributed by atoms with E-state index >= 15 is 0 Å². The van der Waals surface area contributed by atoms with Crippen molar-refractivity contribution in [1.82, 2.24) is 4.98 Å². The summed E-state index contributed by atoms with van der Waals surface area (Å²) < 4.78 is 0. The van der Waals surface area contributed by atoms with Crippen molar-refractivity contribution in [3.63, 3.8) is 0 Å². The molecule has 1 N–H and O–H groups in total. The van der Waals surface area contributed by atoms with Crippen LogP contribution in [-0.4, -0.2) is 12.0 Å². The highest BCUT2D eigenvalue weighted by Crippen LogP contribution is 2.31. The fourth-order valence-corrected chi connectivity index (χ4v) is 2.77. The maximum atomic E-state index is 4.56. The normalized spacial score (nSPS) is 10.6. The Morgan fingerprint density at radius 1 is 1.06 bits per heavy atom. The van der Waals surface area contributed by atoms with Crippen molar-refractivity contribution in [2.24, 2.45) is 0 Å². The Balaban J connectivity index is 2.23. The number of nitrogens with one attached hydrogen (secondary N) is 1. The number of nitrogens with zero attached hydrogens (tertiary/aromatic N) is 1. The van der Waals surface area contributed by atoms with Gasteiger partial charge >= 0.3 is 0 Å². The average Bonchev–Trinajstić information content (AvgIpc) is 2.87. The minimum absolute atomic E-state index is 0.929. The predicted octanol–water partition coefficient (Wildman–Crippen LogP) is 4.01. The Morgan fingerprint density at radius 2 is 1.88 bits per heavy atom. The second-order valence-corrected chi connectivity index (χ2v) is 4.67. The molecule has 84 valence electrons. The third-order valence-electron chi connectivity index (χ3n) is 2.78. The quantitative estimate of drug-likeness (QED) is 0.732. The van der Waals surface area contributed by atoms with Gasteiger partial charge in [-0.15, -0.1) is 11.3 Å². The molecule has 3 heteroatoms. The molecule has 2 aromatic carbocycles. The number of aromatic nitrogens is 1. The number of thiazole rings is 1. The fourth-order valence-electron chi connectivity index (χ4n) is 1.92. The molecule has 0 saturated heterocycles. The third kappa shape index (κ3) is 1.78. The maximum Gasteiger partial charge on any atom is 0.137 e. The van der Waals surface area contributed by atoms with Gasteiger partial charge in [0.05, 0.1) is 0 Å². The lowest BCUT2D eigenvalue weighted by atomic mass is 10.1. The van der Waals surface area contributed by atoms with Crippen LogP contribution in [0, 0.1) is 0 Å². The molecule has 0 radical (unpaired) electrons. The molecule has 3 aromatic rings. The van der Waals surface area contributed by atoms with Crippen LogP contribution in [0.5, 0.6) is 0 Å². The van der Waals surface area contributed by atoms with Crippen LogP contribution in [-0.2, 0) is 0 Å². The second kappa shape index (κ2) is 4.18. The lowest BCUT2D eigenvalue weighted by Gasteiger charge is -2.02. The van der Waals surface area contributed by atoms with Crippen LogP contribution >= 0.6 is 11.3 Å². The van der Waals surface area contributed by atoms with Crippen molar-refractivity contribution in [2.75, 3.05) is 12.4 Å². The average molecular weight is 240 g/mol. The van der Waals surface area contributed by atoms with Gasteiger partial charge in [0.15, 0.2) is 0 Å². The van der Waals surface area contributed by atoms with Crippen LogP contribution in [0.15, 0.2) is 47.8 Å². The molecule has 17 heavy (non-hydrogen) atoms. The van der Waals surface area contributed by atoms with Crippen LogP contribution in [0.25, 0.3) is 21.3 Å². The van der Waals surface area contributed by atoms with Crippen LogP contribution in [0.2, 0.25) is 0 Å². The SMILES string of the molecule is CNc1csc(-c2cccc3ccccc23)n1. The largest absolute Gasteiger partial charge is 0.372 e. The fraction of sp³-hybridized carbons (Fsp3) is 0.0714. The van der Waals surface area contributed by atoms with Gasteiger partial charge in [0.2, 0.25) is 0 Å². The van der Waals surface area contributed by atoms with E-state index in [0.29, 0.717) is 0 Å². The summed E-state index contributed by atoms with van der Waals surface area (Å²) in [5.41, 5.74) is 1.20. The molecule has 0 bridgehead atoms. The first-order valence-corrected chi connectivity index (χ1v) is 6.38. The number of hydrogen-bond donors (Lipinski definition) is 1. The summed E-state index contributed by atoms with van der Waals surface area (Å²) in [6.07, 6.45) is 0. The van der Waals surface area contributed by atoms with E-state index < -0.39 is 0 Å². The highest BCUT2D eigenvalue weighted by atomic mass is 32.1. The first-order valence-electron chi connectivity index (χ1n) is 5.50. The molecule has 3 rings (SSSR count). The van der Waals surface area contributed by atoms with Gasteiger partial charge in [-0.3, -0.25) is 0 Å². The summed E-state index contributed by atoms with van der Waals surface area (Å²) in [6.45, 7) is 0. The minimum Gasteiger partial charge on any atom is -0.372 e. The second-order valence-electron chi connectivity index (χ2n) is 3.81. The summed E-state index contributed by atoms with van der Waals surface area (Å²) in [6, 6.07) is 14.7. The van der Waals surface area contributed by atoms with Gasteiger partial charge in [0.1, 0.15) is 10.8 Å². The zero-order chi connectivity index (χ0) is 11.7. The van der Waals surface area contributed by atoms with Crippen LogP contribution in [0.1, 0.15) is 0 Å². The summed E-state index contributed by atoms with van der Waals surface area (Å²) in [5.74, 6) is 0.929. The van der Waals surface area contributed by atoms with Crippen molar-refractivity contribution < 1.29 is 0 Å². The topological polar surface area (TPSA) is 24.9 Å². The van der Waals surface area contributed by atoms with Gasteiger partial charge in [-0.05, 0) is 10.8 Å². The number of rotatable bonds is 2. The molecule has 0 fully saturated rings. The Labute approximate surface area is 104 Å². The highest BCUT2D eigenvalue weighted by molar-refractivity contribution is 7.13. The molecule has 0 spiro atoms. The van der Waals surface area contributed by atoms with E-state index in [2.05, 4.69) is 52.8 Å². The first kappa shape index (κ1) is 10.3. The standard InChI is InChI=1S/C14H12N2S/c1-15-13-9-17-14(16-13)12-8-4-6-10-5-2-3-7-11(10)12/h2-9,15H,1H3. The zero-order valence-corrected chi connectivity index (χ0v) is 10.3.